The standard InChI is InChI=1S/C19H23NO5/c1-5-15(25-17-9-7-6-8-16(17)23-3)19(21)20-14-11-10-13(22-2)12-18(14)24-4/h6-12,15H,5H2,1-4H3,(H,20,21)/t15-/m0/s1. The minimum atomic E-state index is -0.664. The van der Waals surface area contributed by atoms with E-state index in [0.717, 1.165) is 0 Å². The van der Waals surface area contributed by atoms with Gasteiger partial charge in [0, 0.05) is 6.07 Å². The zero-order chi connectivity index (χ0) is 18.2. The van der Waals surface area contributed by atoms with Crippen molar-refractivity contribution in [2.45, 2.75) is 19.4 Å². The van der Waals surface area contributed by atoms with Gasteiger partial charge in [0.05, 0.1) is 27.0 Å². The average Bonchev–Trinajstić information content (AvgIpc) is 2.66. The number of amides is 1. The molecule has 25 heavy (non-hydrogen) atoms. The van der Waals surface area contributed by atoms with E-state index in [4.69, 9.17) is 18.9 Å². The van der Waals surface area contributed by atoms with E-state index in [9.17, 15) is 4.79 Å². The molecule has 2 aromatic carbocycles. The van der Waals surface area contributed by atoms with Crippen LogP contribution in [0.1, 0.15) is 13.3 Å². The molecule has 6 heteroatoms. The second-order valence-corrected chi connectivity index (χ2v) is 5.22. The molecule has 0 aliphatic rings. The summed E-state index contributed by atoms with van der Waals surface area (Å²) in [6, 6.07) is 12.4. The monoisotopic (exact) mass is 345 g/mol. The van der Waals surface area contributed by atoms with E-state index in [1.165, 1.54) is 7.11 Å². The van der Waals surface area contributed by atoms with Crippen LogP contribution in [0.2, 0.25) is 0 Å². The largest absolute Gasteiger partial charge is 0.497 e. The molecule has 0 heterocycles. The van der Waals surface area contributed by atoms with Gasteiger partial charge in [-0.1, -0.05) is 19.1 Å². The summed E-state index contributed by atoms with van der Waals surface area (Å²) in [6.07, 6.45) is -0.161. The van der Waals surface area contributed by atoms with Crippen LogP contribution in [0.3, 0.4) is 0 Å². The Morgan fingerprint density at radius 3 is 2.24 bits per heavy atom. The molecular weight excluding hydrogens is 322 g/mol. The van der Waals surface area contributed by atoms with Gasteiger partial charge in [-0.15, -0.1) is 0 Å². The lowest BCUT2D eigenvalue weighted by Gasteiger charge is -2.19. The van der Waals surface area contributed by atoms with Crippen LogP contribution in [0.5, 0.6) is 23.0 Å². The molecule has 1 amide bonds. The number of ether oxygens (including phenoxy) is 4. The normalized spacial score (nSPS) is 11.4. The van der Waals surface area contributed by atoms with Crippen LogP contribution in [0, 0.1) is 0 Å². The van der Waals surface area contributed by atoms with E-state index in [-0.39, 0.29) is 5.91 Å². The molecular formula is C19H23NO5. The Morgan fingerprint density at radius 1 is 0.960 bits per heavy atom. The molecule has 0 unspecified atom stereocenters. The Kier molecular flexibility index (Phi) is 6.51. The summed E-state index contributed by atoms with van der Waals surface area (Å²) in [4.78, 5) is 12.6. The summed E-state index contributed by atoms with van der Waals surface area (Å²) < 4.78 is 21.6. The summed E-state index contributed by atoms with van der Waals surface area (Å²) in [7, 11) is 4.67. The van der Waals surface area contributed by atoms with Crippen molar-refractivity contribution in [2.24, 2.45) is 0 Å². The fraction of sp³-hybridized carbons (Fsp3) is 0.316. The fourth-order valence-electron chi connectivity index (χ4n) is 2.31. The summed E-state index contributed by atoms with van der Waals surface area (Å²) >= 11 is 0. The number of methoxy groups -OCH3 is 3. The molecule has 0 aliphatic heterocycles. The maximum absolute atomic E-state index is 12.6. The Labute approximate surface area is 147 Å². The van der Waals surface area contributed by atoms with Crippen molar-refractivity contribution >= 4 is 11.6 Å². The van der Waals surface area contributed by atoms with Gasteiger partial charge >= 0.3 is 0 Å². The van der Waals surface area contributed by atoms with E-state index in [0.29, 0.717) is 35.1 Å². The first kappa shape index (κ1) is 18.4. The molecule has 6 nitrogen and oxygen atoms in total. The number of para-hydroxylation sites is 2. The van der Waals surface area contributed by atoms with E-state index in [1.807, 2.05) is 19.1 Å². The molecule has 0 aliphatic carbocycles. The lowest BCUT2D eigenvalue weighted by Crippen LogP contribution is -2.32. The lowest BCUT2D eigenvalue weighted by atomic mass is 10.2. The topological polar surface area (TPSA) is 66.0 Å². The lowest BCUT2D eigenvalue weighted by molar-refractivity contribution is -0.122. The molecule has 0 aromatic heterocycles. The highest BCUT2D eigenvalue weighted by Gasteiger charge is 2.21. The molecule has 1 atom stereocenters. The van der Waals surface area contributed by atoms with Crippen LogP contribution >= 0.6 is 0 Å². The maximum Gasteiger partial charge on any atom is 0.265 e. The molecule has 2 rings (SSSR count). The van der Waals surface area contributed by atoms with E-state index in [1.54, 1.807) is 44.6 Å². The van der Waals surface area contributed by atoms with Crippen molar-refractivity contribution in [3.63, 3.8) is 0 Å². The number of anilines is 1. The molecule has 134 valence electrons. The molecule has 0 radical (unpaired) electrons. The molecule has 0 bridgehead atoms. The highest BCUT2D eigenvalue weighted by atomic mass is 16.5. The third kappa shape index (κ3) is 4.56. The molecule has 0 spiro atoms. The predicted octanol–water partition coefficient (Wildman–Crippen LogP) is 3.51. The van der Waals surface area contributed by atoms with Crippen molar-refractivity contribution in [1.29, 1.82) is 0 Å². The van der Waals surface area contributed by atoms with Gasteiger partial charge in [-0.2, -0.15) is 0 Å². The summed E-state index contributed by atoms with van der Waals surface area (Å²) in [5.41, 5.74) is 0.551. The number of carbonyl (C=O) groups is 1. The van der Waals surface area contributed by atoms with E-state index >= 15 is 0 Å². The van der Waals surface area contributed by atoms with Crippen LogP contribution in [-0.2, 0) is 4.79 Å². The van der Waals surface area contributed by atoms with Gasteiger partial charge < -0.3 is 24.3 Å². The third-order valence-corrected chi connectivity index (χ3v) is 3.67. The van der Waals surface area contributed by atoms with Crippen molar-refractivity contribution in [2.75, 3.05) is 26.6 Å². The maximum atomic E-state index is 12.6. The first-order valence-electron chi connectivity index (χ1n) is 7.95. The smallest absolute Gasteiger partial charge is 0.265 e. The number of hydrogen-bond donors (Lipinski definition) is 1. The Balaban J connectivity index is 2.15. The van der Waals surface area contributed by atoms with Crippen molar-refractivity contribution < 1.29 is 23.7 Å². The van der Waals surface area contributed by atoms with Gasteiger partial charge in [-0.25, -0.2) is 0 Å². The number of hydrogen-bond acceptors (Lipinski definition) is 5. The summed E-state index contributed by atoms with van der Waals surface area (Å²) in [5, 5.41) is 2.84. The number of rotatable bonds is 8. The van der Waals surface area contributed by atoms with Crippen molar-refractivity contribution in [1.82, 2.24) is 0 Å². The number of benzene rings is 2. The highest BCUT2D eigenvalue weighted by Crippen LogP contribution is 2.30. The Morgan fingerprint density at radius 2 is 1.64 bits per heavy atom. The van der Waals surface area contributed by atoms with Gasteiger partial charge in [0.25, 0.3) is 5.91 Å². The van der Waals surface area contributed by atoms with Crippen molar-refractivity contribution in [3.05, 3.63) is 42.5 Å². The minimum Gasteiger partial charge on any atom is -0.497 e. The Bertz CT molecular complexity index is 717. The zero-order valence-corrected chi connectivity index (χ0v) is 14.9. The second-order valence-electron chi connectivity index (χ2n) is 5.22. The van der Waals surface area contributed by atoms with Crippen LogP contribution in [-0.4, -0.2) is 33.3 Å². The quantitative estimate of drug-likeness (QED) is 0.793. The SMILES string of the molecule is CC[C@H](Oc1ccccc1OC)C(=O)Nc1ccc(OC)cc1OC. The zero-order valence-electron chi connectivity index (χ0n) is 14.9. The van der Waals surface area contributed by atoms with Gasteiger partial charge in [0.15, 0.2) is 17.6 Å². The van der Waals surface area contributed by atoms with Gasteiger partial charge in [-0.3, -0.25) is 4.79 Å². The molecule has 0 saturated carbocycles. The van der Waals surface area contributed by atoms with E-state index in [2.05, 4.69) is 5.32 Å². The number of nitrogens with one attached hydrogen (secondary N) is 1. The third-order valence-electron chi connectivity index (χ3n) is 3.67. The highest BCUT2D eigenvalue weighted by molar-refractivity contribution is 5.95. The molecule has 2 aromatic rings. The van der Waals surface area contributed by atoms with Crippen LogP contribution < -0.4 is 24.3 Å². The second kappa shape index (κ2) is 8.82. The average molecular weight is 345 g/mol. The fourth-order valence-corrected chi connectivity index (χ4v) is 2.31. The number of carbonyl (C=O) groups excluding carboxylic acids is 1. The van der Waals surface area contributed by atoms with Gasteiger partial charge in [-0.05, 0) is 30.7 Å². The first-order valence-corrected chi connectivity index (χ1v) is 7.95. The minimum absolute atomic E-state index is 0.267. The van der Waals surface area contributed by atoms with Gasteiger partial charge in [0.1, 0.15) is 11.5 Å². The summed E-state index contributed by atoms with van der Waals surface area (Å²) in [6.45, 7) is 1.88. The molecule has 1 N–H and O–H groups in total. The predicted molar refractivity (Wildman–Crippen MR) is 95.9 cm³/mol. The van der Waals surface area contributed by atoms with Crippen LogP contribution in [0.4, 0.5) is 5.69 Å². The van der Waals surface area contributed by atoms with Crippen LogP contribution in [0.15, 0.2) is 42.5 Å². The summed E-state index contributed by atoms with van der Waals surface area (Å²) in [5.74, 6) is 1.99. The van der Waals surface area contributed by atoms with Crippen molar-refractivity contribution in [3.8, 4) is 23.0 Å². The van der Waals surface area contributed by atoms with Crippen LogP contribution in [0.25, 0.3) is 0 Å². The Hall–Kier alpha value is -2.89. The first-order chi connectivity index (χ1) is 12.1. The molecule has 0 fully saturated rings. The van der Waals surface area contributed by atoms with E-state index < -0.39 is 6.10 Å². The molecule has 0 saturated heterocycles. The van der Waals surface area contributed by atoms with Gasteiger partial charge in [0.2, 0.25) is 0 Å².